The van der Waals surface area contributed by atoms with Crippen LogP contribution in [0.15, 0.2) is 36.4 Å². The number of ether oxygens (including phenoxy) is 1. The van der Waals surface area contributed by atoms with E-state index in [0.29, 0.717) is 23.4 Å². The third-order valence-electron chi connectivity index (χ3n) is 3.43. The lowest BCUT2D eigenvalue weighted by molar-refractivity contribution is 0.402. The van der Waals surface area contributed by atoms with Crippen LogP contribution in [0.2, 0.25) is 0 Å². The highest BCUT2D eigenvalue weighted by atomic mass is 19.1. The van der Waals surface area contributed by atoms with E-state index >= 15 is 0 Å². The third-order valence-corrected chi connectivity index (χ3v) is 3.43. The summed E-state index contributed by atoms with van der Waals surface area (Å²) in [5.74, 6) is 0.0251. The van der Waals surface area contributed by atoms with E-state index in [-0.39, 0.29) is 17.7 Å². The molecule has 0 aromatic heterocycles. The molecule has 0 aliphatic rings. The van der Waals surface area contributed by atoms with E-state index in [1.54, 1.807) is 32.2 Å². The van der Waals surface area contributed by atoms with Crippen molar-refractivity contribution in [1.29, 1.82) is 0 Å². The van der Waals surface area contributed by atoms with E-state index in [0.717, 1.165) is 5.56 Å². The predicted octanol–water partition coefficient (Wildman–Crippen LogP) is 3.98. The van der Waals surface area contributed by atoms with Gasteiger partial charge in [0, 0.05) is 5.56 Å². The van der Waals surface area contributed by atoms with Crippen molar-refractivity contribution >= 4 is 0 Å². The molecule has 1 N–H and O–H groups in total. The van der Waals surface area contributed by atoms with Gasteiger partial charge in [0.2, 0.25) is 0 Å². The van der Waals surface area contributed by atoms with E-state index in [1.807, 2.05) is 6.92 Å². The highest BCUT2D eigenvalue weighted by molar-refractivity contribution is 5.43. The number of hydrogen-bond acceptors (Lipinski definition) is 2. The van der Waals surface area contributed by atoms with Crippen molar-refractivity contribution in [3.63, 3.8) is 0 Å². The molecular weight excluding hydrogens is 272 g/mol. The highest BCUT2D eigenvalue weighted by Gasteiger charge is 2.19. The standard InChI is InChI=1S/C17H19F2NO/c1-4-20-17(12-5-7-15(19)11(2)9-12)14-10-13(18)6-8-16(14)21-3/h5-10,17,20H,4H2,1-3H3. The van der Waals surface area contributed by atoms with Crippen molar-refractivity contribution in [2.45, 2.75) is 19.9 Å². The average Bonchev–Trinajstić information content (AvgIpc) is 2.48. The lowest BCUT2D eigenvalue weighted by Gasteiger charge is -2.22. The van der Waals surface area contributed by atoms with Gasteiger partial charge < -0.3 is 10.1 Å². The first-order valence-electron chi connectivity index (χ1n) is 6.89. The van der Waals surface area contributed by atoms with Crippen molar-refractivity contribution in [3.05, 3.63) is 64.7 Å². The first-order chi connectivity index (χ1) is 10.1. The van der Waals surface area contributed by atoms with Gasteiger partial charge in [-0.15, -0.1) is 0 Å². The van der Waals surface area contributed by atoms with Gasteiger partial charge in [-0.25, -0.2) is 8.78 Å². The summed E-state index contributed by atoms with van der Waals surface area (Å²) in [5.41, 5.74) is 2.13. The normalized spacial score (nSPS) is 12.2. The molecule has 4 heteroatoms. The Kier molecular flexibility index (Phi) is 4.91. The van der Waals surface area contributed by atoms with Crippen molar-refractivity contribution in [2.24, 2.45) is 0 Å². The van der Waals surface area contributed by atoms with Crippen molar-refractivity contribution in [3.8, 4) is 5.75 Å². The van der Waals surface area contributed by atoms with Gasteiger partial charge in [0.05, 0.1) is 13.2 Å². The third kappa shape index (κ3) is 3.39. The number of rotatable bonds is 5. The van der Waals surface area contributed by atoms with E-state index in [4.69, 9.17) is 4.74 Å². The van der Waals surface area contributed by atoms with E-state index in [1.165, 1.54) is 18.2 Å². The highest BCUT2D eigenvalue weighted by Crippen LogP contribution is 2.31. The van der Waals surface area contributed by atoms with Crippen LogP contribution < -0.4 is 10.1 Å². The number of aryl methyl sites for hydroxylation is 1. The van der Waals surface area contributed by atoms with Crippen molar-refractivity contribution < 1.29 is 13.5 Å². The zero-order valence-electron chi connectivity index (χ0n) is 12.4. The summed E-state index contributed by atoms with van der Waals surface area (Å²) in [6.45, 7) is 4.38. The Morgan fingerprint density at radius 1 is 1.14 bits per heavy atom. The zero-order valence-corrected chi connectivity index (χ0v) is 12.4. The van der Waals surface area contributed by atoms with Gasteiger partial charge in [-0.3, -0.25) is 0 Å². The molecule has 0 aliphatic carbocycles. The lowest BCUT2D eigenvalue weighted by Crippen LogP contribution is -2.23. The monoisotopic (exact) mass is 291 g/mol. The largest absolute Gasteiger partial charge is 0.496 e. The summed E-state index contributed by atoms with van der Waals surface area (Å²) in [6, 6.07) is 9.07. The Hall–Kier alpha value is -1.94. The minimum absolute atomic E-state index is 0.250. The maximum absolute atomic E-state index is 13.6. The second kappa shape index (κ2) is 6.68. The number of halogens is 2. The molecule has 0 radical (unpaired) electrons. The van der Waals surface area contributed by atoms with Crippen molar-refractivity contribution in [2.75, 3.05) is 13.7 Å². The summed E-state index contributed by atoms with van der Waals surface area (Å²) in [7, 11) is 1.55. The van der Waals surface area contributed by atoms with Crippen LogP contribution >= 0.6 is 0 Å². The summed E-state index contributed by atoms with van der Waals surface area (Å²) in [6.07, 6.45) is 0. The van der Waals surface area contributed by atoms with Crippen LogP contribution in [-0.4, -0.2) is 13.7 Å². The Morgan fingerprint density at radius 3 is 2.52 bits per heavy atom. The molecule has 0 bridgehead atoms. The zero-order chi connectivity index (χ0) is 15.4. The van der Waals surface area contributed by atoms with E-state index in [9.17, 15) is 8.78 Å². The van der Waals surface area contributed by atoms with Crippen LogP contribution in [0.25, 0.3) is 0 Å². The molecule has 0 fully saturated rings. The van der Waals surface area contributed by atoms with Crippen molar-refractivity contribution in [1.82, 2.24) is 5.32 Å². The molecule has 0 aliphatic heterocycles. The Bertz CT molecular complexity index is 628. The summed E-state index contributed by atoms with van der Waals surface area (Å²) in [5, 5.41) is 3.29. The van der Waals surface area contributed by atoms with E-state index in [2.05, 4.69) is 5.32 Å². The topological polar surface area (TPSA) is 21.3 Å². The first kappa shape index (κ1) is 15.4. The molecule has 2 nitrogen and oxygen atoms in total. The van der Waals surface area contributed by atoms with Gasteiger partial charge >= 0.3 is 0 Å². The fraction of sp³-hybridized carbons (Fsp3) is 0.294. The molecule has 1 atom stereocenters. The summed E-state index contributed by atoms with van der Waals surface area (Å²) >= 11 is 0. The molecule has 2 rings (SSSR count). The quantitative estimate of drug-likeness (QED) is 0.899. The molecule has 2 aromatic rings. The fourth-order valence-corrected chi connectivity index (χ4v) is 2.39. The number of nitrogens with one attached hydrogen (secondary N) is 1. The predicted molar refractivity (Wildman–Crippen MR) is 79.6 cm³/mol. The fourth-order valence-electron chi connectivity index (χ4n) is 2.39. The average molecular weight is 291 g/mol. The second-order valence-electron chi connectivity index (χ2n) is 4.89. The molecule has 112 valence electrons. The van der Waals surface area contributed by atoms with Gasteiger partial charge in [0.15, 0.2) is 0 Å². The second-order valence-corrected chi connectivity index (χ2v) is 4.89. The molecular formula is C17H19F2NO. The molecule has 0 heterocycles. The van der Waals surface area contributed by atoms with Gasteiger partial charge in [-0.05, 0) is 48.9 Å². The Balaban J connectivity index is 2.52. The van der Waals surface area contributed by atoms with Gasteiger partial charge in [0.25, 0.3) is 0 Å². The van der Waals surface area contributed by atoms with Gasteiger partial charge in [0.1, 0.15) is 17.4 Å². The van der Waals surface area contributed by atoms with Crippen LogP contribution in [0.3, 0.4) is 0 Å². The minimum atomic E-state index is -0.326. The minimum Gasteiger partial charge on any atom is -0.496 e. The molecule has 1 unspecified atom stereocenters. The summed E-state index contributed by atoms with van der Waals surface area (Å²) in [4.78, 5) is 0. The SMILES string of the molecule is CCNC(c1ccc(F)c(C)c1)c1cc(F)ccc1OC. The molecule has 0 amide bonds. The van der Waals surface area contributed by atoms with Crippen LogP contribution in [0.4, 0.5) is 8.78 Å². The molecule has 0 saturated carbocycles. The van der Waals surface area contributed by atoms with Crippen LogP contribution in [0.1, 0.15) is 29.7 Å². The Labute approximate surface area is 123 Å². The van der Waals surface area contributed by atoms with E-state index < -0.39 is 0 Å². The first-order valence-corrected chi connectivity index (χ1v) is 6.89. The summed E-state index contributed by atoms with van der Waals surface area (Å²) < 4.78 is 32.4. The van der Waals surface area contributed by atoms with Crippen LogP contribution in [-0.2, 0) is 0 Å². The van der Waals surface area contributed by atoms with Gasteiger partial charge in [-0.2, -0.15) is 0 Å². The maximum Gasteiger partial charge on any atom is 0.126 e. The maximum atomic E-state index is 13.6. The number of methoxy groups -OCH3 is 1. The number of benzene rings is 2. The van der Waals surface area contributed by atoms with Crippen LogP contribution in [0, 0.1) is 18.6 Å². The molecule has 21 heavy (non-hydrogen) atoms. The van der Waals surface area contributed by atoms with Gasteiger partial charge in [-0.1, -0.05) is 19.1 Å². The number of hydrogen-bond donors (Lipinski definition) is 1. The molecule has 0 spiro atoms. The van der Waals surface area contributed by atoms with Crippen LogP contribution in [0.5, 0.6) is 5.75 Å². The smallest absolute Gasteiger partial charge is 0.126 e. The molecule has 0 saturated heterocycles. The lowest BCUT2D eigenvalue weighted by atomic mass is 9.96. The Morgan fingerprint density at radius 2 is 1.90 bits per heavy atom. The molecule has 2 aromatic carbocycles.